The van der Waals surface area contributed by atoms with Gasteiger partial charge < -0.3 is 15.0 Å². The Labute approximate surface area is 123 Å². The maximum atomic E-state index is 13.1. The molecular formula is C15H21F3N2O. The lowest BCUT2D eigenvalue weighted by Gasteiger charge is -2.29. The molecule has 1 unspecified atom stereocenters. The van der Waals surface area contributed by atoms with Crippen LogP contribution in [0.1, 0.15) is 18.4 Å². The monoisotopic (exact) mass is 302 g/mol. The third-order valence-corrected chi connectivity index (χ3v) is 3.76. The van der Waals surface area contributed by atoms with Crippen molar-refractivity contribution in [3.8, 4) is 0 Å². The summed E-state index contributed by atoms with van der Waals surface area (Å²) in [6, 6.07) is 5.93. The zero-order valence-corrected chi connectivity index (χ0v) is 12.1. The first-order valence-corrected chi connectivity index (χ1v) is 7.16. The van der Waals surface area contributed by atoms with Gasteiger partial charge in [0.2, 0.25) is 0 Å². The van der Waals surface area contributed by atoms with Crippen molar-refractivity contribution in [1.82, 2.24) is 5.32 Å². The van der Waals surface area contributed by atoms with E-state index in [1.165, 1.54) is 6.07 Å². The minimum absolute atomic E-state index is 0.102. The SMILES string of the molecule is COCCNCC1CCCN1c1ccccc1C(F)(F)F. The number of nitrogens with one attached hydrogen (secondary N) is 1. The second kappa shape index (κ2) is 7.13. The molecule has 0 spiro atoms. The van der Waals surface area contributed by atoms with Gasteiger partial charge in [-0.2, -0.15) is 13.2 Å². The van der Waals surface area contributed by atoms with Crippen LogP contribution in [0.5, 0.6) is 0 Å². The van der Waals surface area contributed by atoms with Crippen LogP contribution in [0.3, 0.4) is 0 Å². The summed E-state index contributed by atoms with van der Waals surface area (Å²) in [6.45, 7) is 2.66. The lowest BCUT2D eigenvalue weighted by molar-refractivity contribution is -0.137. The molecule has 21 heavy (non-hydrogen) atoms. The van der Waals surface area contributed by atoms with Crippen LogP contribution in [-0.2, 0) is 10.9 Å². The molecule has 2 rings (SSSR count). The van der Waals surface area contributed by atoms with Gasteiger partial charge in [-0.25, -0.2) is 0 Å². The summed E-state index contributed by atoms with van der Waals surface area (Å²) in [5.41, 5.74) is -0.255. The van der Waals surface area contributed by atoms with E-state index in [2.05, 4.69) is 5.32 Å². The molecule has 6 heteroatoms. The summed E-state index contributed by atoms with van der Waals surface area (Å²) in [6.07, 6.45) is -2.48. The van der Waals surface area contributed by atoms with Crippen LogP contribution in [0.4, 0.5) is 18.9 Å². The van der Waals surface area contributed by atoms with E-state index in [-0.39, 0.29) is 6.04 Å². The van der Waals surface area contributed by atoms with Crippen molar-refractivity contribution >= 4 is 5.69 Å². The molecule has 0 amide bonds. The molecule has 1 aromatic carbocycles. The fraction of sp³-hybridized carbons (Fsp3) is 0.600. The first-order valence-electron chi connectivity index (χ1n) is 7.16. The number of ether oxygens (including phenoxy) is 1. The number of nitrogens with zero attached hydrogens (tertiary/aromatic N) is 1. The van der Waals surface area contributed by atoms with Crippen molar-refractivity contribution < 1.29 is 17.9 Å². The van der Waals surface area contributed by atoms with Crippen molar-refractivity contribution in [3.63, 3.8) is 0 Å². The quantitative estimate of drug-likeness (QED) is 0.818. The molecule has 0 saturated carbocycles. The third-order valence-electron chi connectivity index (χ3n) is 3.76. The van der Waals surface area contributed by atoms with E-state index < -0.39 is 11.7 Å². The summed E-state index contributed by atoms with van der Waals surface area (Å²) in [7, 11) is 1.63. The smallest absolute Gasteiger partial charge is 0.383 e. The molecule has 1 fully saturated rings. The van der Waals surface area contributed by atoms with Crippen LogP contribution in [-0.4, -0.2) is 39.4 Å². The predicted octanol–water partition coefficient (Wildman–Crippen LogP) is 2.91. The number of alkyl halides is 3. The van der Waals surface area contributed by atoms with E-state index in [1.807, 2.05) is 4.90 Å². The van der Waals surface area contributed by atoms with E-state index in [1.54, 1.807) is 19.2 Å². The number of halogens is 3. The van der Waals surface area contributed by atoms with E-state index >= 15 is 0 Å². The number of hydrogen-bond acceptors (Lipinski definition) is 3. The molecule has 118 valence electrons. The van der Waals surface area contributed by atoms with Gasteiger partial charge in [-0.05, 0) is 25.0 Å². The normalized spacial score (nSPS) is 19.2. The topological polar surface area (TPSA) is 24.5 Å². The second-order valence-electron chi connectivity index (χ2n) is 5.20. The Hall–Kier alpha value is -1.27. The highest BCUT2D eigenvalue weighted by atomic mass is 19.4. The second-order valence-corrected chi connectivity index (χ2v) is 5.20. The maximum Gasteiger partial charge on any atom is 0.418 e. The van der Waals surface area contributed by atoms with Crippen LogP contribution < -0.4 is 10.2 Å². The molecule has 0 bridgehead atoms. The number of anilines is 1. The Morgan fingerprint density at radius 1 is 1.33 bits per heavy atom. The Bertz CT molecular complexity index is 451. The van der Waals surface area contributed by atoms with Gasteiger partial charge in [0.25, 0.3) is 0 Å². The fourth-order valence-electron chi connectivity index (χ4n) is 2.77. The minimum atomic E-state index is -4.31. The summed E-state index contributed by atoms with van der Waals surface area (Å²) >= 11 is 0. The van der Waals surface area contributed by atoms with Gasteiger partial charge in [0.05, 0.1) is 12.2 Å². The largest absolute Gasteiger partial charge is 0.418 e. The van der Waals surface area contributed by atoms with Crippen LogP contribution >= 0.6 is 0 Å². The van der Waals surface area contributed by atoms with Crippen molar-refractivity contribution in [1.29, 1.82) is 0 Å². The van der Waals surface area contributed by atoms with Gasteiger partial charge in [0.1, 0.15) is 0 Å². The number of methoxy groups -OCH3 is 1. The van der Waals surface area contributed by atoms with Gasteiger partial charge in [-0.3, -0.25) is 0 Å². The minimum Gasteiger partial charge on any atom is -0.383 e. The third kappa shape index (κ3) is 4.11. The van der Waals surface area contributed by atoms with Crippen LogP contribution in [0.15, 0.2) is 24.3 Å². The van der Waals surface area contributed by atoms with Crippen molar-refractivity contribution in [2.24, 2.45) is 0 Å². The fourth-order valence-corrected chi connectivity index (χ4v) is 2.77. The Morgan fingerprint density at radius 2 is 2.10 bits per heavy atom. The highest BCUT2D eigenvalue weighted by Crippen LogP contribution is 2.38. The molecule has 0 radical (unpaired) electrons. The molecule has 3 nitrogen and oxygen atoms in total. The van der Waals surface area contributed by atoms with Crippen LogP contribution in [0.2, 0.25) is 0 Å². The molecule has 1 heterocycles. The van der Waals surface area contributed by atoms with E-state index in [9.17, 15) is 13.2 Å². The van der Waals surface area contributed by atoms with Gasteiger partial charge >= 0.3 is 6.18 Å². The Kier molecular flexibility index (Phi) is 5.47. The highest BCUT2D eigenvalue weighted by molar-refractivity contribution is 5.56. The summed E-state index contributed by atoms with van der Waals surface area (Å²) in [5.74, 6) is 0. The molecule has 0 aliphatic carbocycles. The van der Waals surface area contributed by atoms with Gasteiger partial charge in [0, 0.05) is 38.5 Å². The Balaban J connectivity index is 2.09. The van der Waals surface area contributed by atoms with Crippen molar-refractivity contribution in [2.45, 2.75) is 25.1 Å². The van der Waals surface area contributed by atoms with E-state index in [0.29, 0.717) is 31.9 Å². The first kappa shape index (κ1) is 16.1. The standard InChI is InChI=1S/C15H21F3N2O/c1-21-10-8-19-11-12-5-4-9-20(12)14-7-3-2-6-13(14)15(16,17)18/h2-3,6-7,12,19H,4-5,8-11H2,1H3. The zero-order valence-electron chi connectivity index (χ0n) is 12.1. The van der Waals surface area contributed by atoms with Crippen LogP contribution in [0, 0.1) is 0 Å². The first-order chi connectivity index (χ1) is 10.0. The summed E-state index contributed by atoms with van der Waals surface area (Å²) < 4.78 is 44.3. The summed E-state index contributed by atoms with van der Waals surface area (Å²) in [4.78, 5) is 1.88. The number of benzene rings is 1. The lowest BCUT2D eigenvalue weighted by Crippen LogP contribution is -2.39. The molecule has 1 N–H and O–H groups in total. The molecule has 1 saturated heterocycles. The van der Waals surface area contributed by atoms with Crippen LogP contribution in [0.25, 0.3) is 0 Å². The molecule has 1 aromatic rings. The van der Waals surface area contributed by atoms with Crippen molar-refractivity contribution in [3.05, 3.63) is 29.8 Å². The van der Waals surface area contributed by atoms with E-state index in [4.69, 9.17) is 4.74 Å². The number of para-hydroxylation sites is 1. The molecule has 1 atom stereocenters. The number of rotatable bonds is 6. The van der Waals surface area contributed by atoms with E-state index in [0.717, 1.165) is 18.9 Å². The molecule has 1 aliphatic rings. The average Bonchev–Trinajstić information content (AvgIpc) is 2.91. The lowest BCUT2D eigenvalue weighted by atomic mass is 10.1. The zero-order chi connectivity index (χ0) is 15.3. The molecule has 1 aliphatic heterocycles. The van der Waals surface area contributed by atoms with Gasteiger partial charge in [-0.15, -0.1) is 0 Å². The van der Waals surface area contributed by atoms with Crippen molar-refractivity contribution in [2.75, 3.05) is 38.3 Å². The average molecular weight is 302 g/mol. The summed E-state index contributed by atoms with van der Waals surface area (Å²) in [5, 5.41) is 3.24. The van der Waals surface area contributed by atoms with Gasteiger partial charge in [0.15, 0.2) is 0 Å². The molecule has 0 aromatic heterocycles. The highest BCUT2D eigenvalue weighted by Gasteiger charge is 2.36. The van der Waals surface area contributed by atoms with Gasteiger partial charge in [-0.1, -0.05) is 12.1 Å². The predicted molar refractivity (Wildman–Crippen MR) is 76.6 cm³/mol. The number of hydrogen-bond donors (Lipinski definition) is 1. The Morgan fingerprint density at radius 3 is 2.81 bits per heavy atom. The molecular weight excluding hydrogens is 281 g/mol. The maximum absolute atomic E-state index is 13.1.